The van der Waals surface area contributed by atoms with E-state index in [1.807, 2.05) is 20.8 Å². The summed E-state index contributed by atoms with van der Waals surface area (Å²) in [6.07, 6.45) is 0. The first-order chi connectivity index (χ1) is 7.00. The van der Waals surface area contributed by atoms with Crippen LogP contribution in [-0.4, -0.2) is 23.7 Å². The average molecular weight is 211 g/mol. The Morgan fingerprint density at radius 2 is 2.27 bits per heavy atom. The molecule has 0 saturated heterocycles. The predicted molar refractivity (Wildman–Crippen MR) is 56.6 cm³/mol. The van der Waals surface area contributed by atoms with Gasteiger partial charge < -0.3 is 15.6 Å². The Balaban J connectivity index is 2.58. The van der Waals surface area contributed by atoms with Crippen molar-refractivity contribution in [2.45, 2.75) is 32.7 Å². The lowest BCUT2D eigenvalue weighted by molar-refractivity contribution is 0.0942. The molecule has 1 amide bonds. The van der Waals surface area contributed by atoms with Crippen molar-refractivity contribution >= 4 is 5.91 Å². The third kappa shape index (κ3) is 3.36. The lowest BCUT2D eigenvalue weighted by Crippen LogP contribution is -2.35. The molecule has 0 radical (unpaired) electrons. The Morgan fingerprint density at radius 1 is 1.60 bits per heavy atom. The Kier molecular flexibility index (Phi) is 3.85. The van der Waals surface area contributed by atoms with Crippen molar-refractivity contribution in [3.05, 3.63) is 17.5 Å². The number of nitrogens with two attached hydrogens (primary N) is 1. The molecule has 0 spiro atoms. The van der Waals surface area contributed by atoms with Crippen LogP contribution < -0.4 is 11.1 Å². The maximum absolute atomic E-state index is 11.5. The fourth-order valence-corrected chi connectivity index (χ4v) is 1.01. The summed E-state index contributed by atoms with van der Waals surface area (Å²) in [5.74, 6) is 0.691. The van der Waals surface area contributed by atoms with Gasteiger partial charge in [-0.15, -0.1) is 0 Å². The second kappa shape index (κ2) is 4.93. The molecule has 1 rings (SSSR count). The van der Waals surface area contributed by atoms with Crippen LogP contribution in [0.15, 0.2) is 10.6 Å². The number of carbonyl (C=O) groups is 1. The van der Waals surface area contributed by atoms with Crippen molar-refractivity contribution in [3.8, 4) is 0 Å². The maximum atomic E-state index is 11.5. The minimum absolute atomic E-state index is 0.0644. The van der Waals surface area contributed by atoms with E-state index in [1.165, 1.54) is 0 Å². The normalized spacial score (nSPS) is 12.9. The van der Waals surface area contributed by atoms with Crippen LogP contribution >= 0.6 is 0 Å². The van der Waals surface area contributed by atoms with Gasteiger partial charge in [0.15, 0.2) is 5.69 Å². The Hall–Kier alpha value is -1.36. The number of rotatable bonds is 4. The molecule has 0 aromatic carbocycles. The molecule has 1 aromatic rings. The van der Waals surface area contributed by atoms with Crippen molar-refractivity contribution in [2.75, 3.05) is 6.54 Å². The topological polar surface area (TPSA) is 81.1 Å². The number of nitrogens with zero attached hydrogens (tertiary/aromatic N) is 1. The van der Waals surface area contributed by atoms with Crippen molar-refractivity contribution in [2.24, 2.45) is 5.73 Å². The van der Waals surface area contributed by atoms with E-state index in [-0.39, 0.29) is 17.9 Å². The summed E-state index contributed by atoms with van der Waals surface area (Å²) in [7, 11) is 0. The Bertz CT molecular complexity index is 331. The molecular formula is C10H17N3O2. The fraction of sp³-hybridized carbons (Fsp3) is 0.600. The zero-order chi connectivity index (χ0) is 11.4. The van der Waals surface area contributed by atoms with E-state index >= 15 is 0 Å². The summed E-state index contributed by atoms with van der Waals surface area (Å²) in [6, 6.07) is 1.59. The van der Waals surface area contributed by atoms with Crippen molar-refractivity contribution in [3.63, 3.8) is 0 Å². The number of carbonyl (C=O) groups excluding carboxylic acids is 1. The summed E-state index contributed by atoms with van der Waals surface area (Å²) in [4.78, 5) is 11.5. The smallest absolute Gasteiger partial charge is 0.273 e. The standard InChI is InChI=1S/C10H17N3O2/c1-6(2)9-4-8(13-15-9)10(14)12-5-7(3)11/h4,6-7H,5,11H2,1-3H3,(H,12,14). The molecule has 0 aliphatic rings. The van der Waals surface area contributed by atoms with Crippen LogP contribution in [0.3, 0.4) is 0 Å². The molecule has 1 unspecified atom stereocenters. The number of aromatic nitrogens is 1. The van der Waals surface area contributed by atoms with Gasteiger partial charge in [-0.1, -0.05) is 19.0 Å². The highest BCUT2D eigenvalue weighted by molar-refractivity contribution is 5.92. The summed E-state index contributed by atoms with van der Waals surface area (Å²) >= 11 is 0. The minimum Gasteiger partial charge on any atom is -0.360 e. The Morgan fingerprint density at radius 3 is 2.73 bits per heavy atom. The van der Waals surface area contributed by atoms with E-state index < -0.39 is 0 Å². The molecule has 3 N–H and O–H groups in total. The first kappa shape index (κ1) is 11.7. The molecule has 1 aromatic heterocycles. The zero-order valence-corrected chi connectivity index (χ0v) is 9.28. The zero-order valence-electron chi connectivity index (χ0n) is 9.28. The van der Waals surface area contributed by atoms with E-state index in [1.54, 1.807) is 6.07 Å². The first-order valence-corrected chi connectivity index (χ1v) is 5.01. The van der Waals surface area contributed by atoms with E-state index in [9.17, 15) is 4.79 Å². The molecule has 5 nitrogen and oxygen atoms in total. The fourth-order valence-electron chi connectivity index (χ4n) is 1.01. The third-order valence-corrected chi connectivity index (χ3v) is 1.91. The maximum Gasteiger partial charge on any atom is 0.273 e. The van der Waals surface area contributed by atoms with Gasteiger partial charge in [0.05, 0.1) is 0 Å². The van der Waals surface area contributed by atoms with Gasteiger partial charge >= 0.3 is 0 Å². The van der Waals surface area contributed by atoms with Gasteiger partial charge in [0.25, 0.3) is 5.91 Å². The molecule has 1 atom stereocenters. The van der Waals surface area contributed by atoms with Gasteiger partial charge in [-0.25, -0.2) is 0 Å². The second-order valence-corrected chi connectivity index (χ2v) is 3.96. The minimum atomic E-state index is -0.247. The number of hydrogen-bond donors (Lipinski definition) is 2. The molecule has 0 saturated carbocycles. The van der Waals surface area contributed by atoms with Gasteiger partial charge in [-0.3, -0.25) is 4.79 Å². The molecule has 0 aliphatic heterocycles. The lowest BCUT2D eigenvalue weighted by Gasteiger charge is -2.04. The van der Waals surface area contributed by atoms with Crippen LogP contribution in [0.2, 0.25) is 0 Å². The summed E-state index contributed by atoms with van der Waals surface area (Å²) in [5.41, 5.74) is 5.82. The van der Waals surface area contributed by atoms with Gasteiger partial charge in [-0.2, -0.15) is 0 Å². The van der Waals surface area contributed by atoms with Gasteiger partial charge in [0.1, 0.15) is 5.76 Å². The van der Waals surface area contributed by atoms with E-state index in [4.69, 9.17) is 10.3 Å². The van der Waals surface area contributed by atoms with E-state index in [0.717, 1.165) is 0 Å². The molecule has 5 heteroatoms. The summed E-state index contributed by atoms with van der Waals surface area (Å²) in [6.45, 7) is 6.21. The van der Waals surface area contributed by atoms with Gasteiger partial charge in [0, 0.05) is 24.6 Å². The Labute approximate surface area is 89.0 Å². The van der Waals surface area contributed by atoms with Crippen LogP contribution in [0, 0.1) is 0 Å². The van der Waals surface area contributed by atoms with Crippen LogP contribution in [0.25, 0.3) is 0 Å². The quantitative estimate of drug-likeness (QED) is 0.774. The third-order valence-electron chi connectivity index (χ3n) is 1.91. The molecule has 15 heavy (non-hydrogen) atoms. The predicted octanol–water partition coefficient (Wildman–Crippen LogP) is 0.875. The average Bonchev–Trinajstić information content (AvgIpc) is 2.62. The monoisotopic (exact) mass is 211 g/mol. The van der Waals surface area contributed by atoms with Crippen LogP contribution in [0.1, 0.15) is 42.9 Å². The molecule has 84 valence electrons. The van der Waals surface area contributed by atoms with Crippen LogP contribution in [0.4, 0.5) is 0 Å². The van der Waals surface area contributed by atoms with Crippen molar-refractivity contribution < 1.29 is 9.32 Å². The van der Waals surface area contributed by atoms with Crippen molar-refractivity contribution in [1.29, 1.82) is 0 Å². The molecule has 0 fully saturated rings. The SMILES string of the molecule is CC(N)CNC(=O)c1cc(C(C)C)on1. The number of nitrogens with one attached hydrogen (secondary N) is 1. The molecule has 0 bridgehead atoms. The van der Waals surface area contributed by atoms with Crippen LogP contribution in [0.5, 0.6) is 0 Å². The highest BCUT2D eigenvalue weighted by Gasteiger charge is 2.14. The summed E-state index contributed by atoms with van der Waals surface area (Å²) < 4.78 is 5.01. The van der Waals surface area contributed by atoms with Gasteiger partial charge in [0.2, 0.25) is 0 Å². The largest absolute Gasteiger partial charge is 0.360 e. The highest BCUT2D eigenvalue weighted by atomic mass is 16.5. The van der Waals surface area contributed by atoms with Crippen molar-refractivity contribution in [1.82, 2.24) is 10.5 Å². The second-order valence-electron chi connectivity index (χ2n) is 3.96. The lowest BCUT2D eigenvalue weighted by atomic mass is 10.1. The number of amides is 1. The highest BCUT2D eigenvalue weighted by Crippen LogP contribution is 2.14. The summed E-state index contributed by atoms with van der Waals surface area (Å²) in [5, 5.41) is 6.35. The molecule has 0 aliphatic carbocycles. The van der Waals surface area contributed by atoms with Crippen LogP contribution in [-0.2, 0) is 0 Å². The number of hydrogen-bond acceptors (Lipinski definition) is 4. The molecular weight excluding hydrogens is 194 g/mol. The van der Waals surface area contributed by atoms with E-state index in [0.29, 0.717) is 18.0 Å². The molecule has 1 heterocycles. The van der Waals surface area contributed by atoms with Gasteiger partial charge in [-0.05, 0) is 6.92 Å². The first-order valence-electron chi connectivity index (χ1n) is 5.01. The van der Waals surface area contributed by atoms with E-state index in [2.05, 4.69) is 10.5 Å².